The van der Waals surface area contributed by atoms with Crippen molar-refractivity contribution >= 4 is 17.5 Å². The number of benzene rings is 2. The van der Waals surface area contributed by atoms with Gasteiger partial charge in [-0.05, 0) is 42.5 Å². The summed E-state index contributed by atoms with van der Waals surface area (Å²) in [5.74, 6) is 0.831. The lowest BCUT2D eigenvalue weighted by Crippen LogP contribution is -2.06. The Morgan fingerprint density at radius 1 is 1.17 bits per heavy atom. The molecular weight excluding hydrogens is 393 g/mol. The molecule has 0 aliphatic carbocycles. The molecular formula is C21H20FN3O3S. The number of Topliss-reactive ketones (excluding diaryl/α,β-unsaturated/α-hetero) is 1. The second-order valence-corrected chi connectivity index (χ2v) is 6.94. The van der Waals surface area contributed by atoms with Crippen LogP contribution in [0.25, 0.3) is 11.4 Å². The molecule has 0 radical (unpaired) electrons. The minimum absolute atomic E-state index is 0.101. The Morgan fingerprint density at radius 3 is 2.55 bits per heavy atom. The number of ether oxygens (including phenoxy) is 2. The van der Waals surface area contributed by atoms with Gasteiger partial charge in [0.05, 0.1) is 20.0 Å². The first-order valence-electron chi connectivity index (χ1n) is 8.75. The van der Waals surface area contributed by atoms with Crippen LogP contribution in [0.5, 0.6) is 11.5 Å². The van der Waals surface area contributed by atoms with Crippen molar-refractivity contribution < 1.29 is 18.7 Å². The molecule has 150 valence electrons. The van der Waals surface area contributed by atoms with Crippen LogP contribution < -0.4 is 9.47 Å². The highest BCUT2D eigenvalue weighted by molar-refractivity contribution is 7.99. The largest absolute Gasteiger partial charge is 0.497 e. The van der Waals surface area contributed by atoms with E-state index in [0.717, 1.165) is 11.3 Å². The van der Waals surface area contributed by atoms with Gasteiger partial charge in [-0.2, -0.15) is 0 Å². The number of halogens is 1. The van der Waals surface area contributed by atoms with Gasteiger partial charge < -0.3 is 9.47 Å². The average Bonchev–Trinajstić information content (AvgIpc) is 3.14. The van der Waals surface area contributed by atoms with E-state index < -0.39 is 5.82 Å². The van der Waals surface area contributed by atoms with Crippen LogP contribution in [0.15, 0.2) is 60.3 Å². The highest BCUT2D eigenvalue weighted by Gasteiger charge is 2.16. The zero-order valence-corrected chi connectivity index (χ0v) is 16.9. The van der Waals surface area contributed by atoms with Gasteiger partial charge in [0.15, 0.2) is 28.3 Å². The summed E-state index contributed by atoms with van der Waals surface area (Å²) in [6.07, 6.45) is 1.74. The zero-order valence-electron chi connectivity index (χ0n) is 16.1. The molecule has 0 aliphatic heterocycles. The monoisotopic (exact) mass is 413 g/mol. The molecule has 0 N–H and O–H groups in total. The van der Waals surface area contributed by atoms with Crippen molar-refractivity contribution in [2.24, 2.45) is 0 Å². The van der Waals surface area contributed by atoms with E-state index in [1.54, 1.807) is 19.3 Å². The van der Waals surface area contributed by atoms with E-state index in [1.807, 2.05) is 28.8 Å². The third-order valence-corrected chi connectivity index (χ3v) is 5.15. The SMILES string of the molecule is C=CCn1c(SCC(=O)c2ccc(OC)c(F)c2)nnc1-c1ccc(OC)cc1. The van der Waals surface area contributed by atoms with Gasteiger partial charge in [0.25, 0.3) is 0 Å². The average molecular weight is 413 g/mol. The number of aromatic nitrogens is 3. The molecule has 8 heteroatoms. The van der Waals surface area contributed by atoms with Crippen molar-refractivity contribution in [2.45, 2.75) is 11.7 Å². The van der Waals surface area contributed by atoms with Crippen molar-refractivity contribution in [1.29, 1.82) is 0 Å². The fraction of sp³-hybridized carbons (Fsp3) is 0.190. The number of nitrogens with zero attached hydrogens (tertiary/aromatic N) is 3. The number of hydrogen-bond donors (Lipinski definition) is 0. The molecule has 3 rings (SSSR count). The maximum Gasteiger partial charge on any atom is 0.192 e. The van der Waals surface area contributed by atoms with Gasteiger partial charge in [-0.15, -0.1) is 16.8 Å². The molecule has 0 aliphatic rings. The Hall–Kier alpha value is -3.13. The molecule has 1 heterocycles. The van der Waals surface area contributed by atoms with E-state index in [4.69, 9.17) is 9.47 Å². The van der Waals surface area contributed by atoms with Crippen molar-refractivity contribution in [3.8, 4) is 22.9 Å². The number of hydrogen-bond acceptors (Lipinski definition) is 6. The molecule has 0 bridgehead atoms. The van der Waals surface area contributed by atoms with Gasteiger partial charge in [-0.3, -0.25) is 9.36 Å². The van der Waals surface area contributed by atoms with Crippen LogP contribution in [0.3, 0.4) is 0 Å². The molecule has 3 aromatic rings. The molecule has 0 saturated heterocycles. The molecule has 1 aromatic heterocycles. The van der Waals surface area contributed by atoms with E-state index in [0.29, 0.717) is 17.5 Å². The van der Waals surface area contributed by atoms with Crippen LogP contribution >= 0.6 is 11.8 Å². The van der Waals surface area contributed by atoms with Crippen molar-refractivity contribution in [2.75, 3.05) is 20.0 Å². The molecule has 0 fully saturated rings. The normalized spacial score (nSPS) is 10.6. The summed E-state index contributed by atoms with van der Waals surface area (Å²) in [5, 5.41) is 9.06. The first-order chi connectivity index (χ1) is 14.1. The maximum atomic E-state index is 13.9. The Morgan fingerprint density at radius 2 is 1.93 bits per heavy atom. The quantitative estimate of drug-likeness (QED) is 0.297. The topological polar surface area (TPSA) is 66.2 Å². The highest BCUT2D eigenvalue weighted by atomic mass is 32.2. The van der Waals surface area contributed by atoms with Crippen LogP contribution in [0.4, 0.5) is 4.39 Å². The second-order valence-electron chi connectivity index (χ2n) is 6.00. The summed E-state index contributed by atoms with van der Waals surface area (Å²) >= 11 is 1.24. The molecule has 0 saturated carbocycles. The number of methoxy groups -OCH3 is 2. The number of carbonyl (C=O) groups excluding carboxylic acids is 1. The number of ketones is 1. The summed E-state index contributed by atoms with van der Waals surface area (Å²) in [5.41, 5.74) is 1.15. The standard InChI is InChI=1S/C21H20FN3O3S/c1-4-11-25-20(14-5-8-16(27-2)9-6-14)23-24-21(25)29-13-18(26)15-7-10-19(28-3)17(22)12-15/h4-10,12H,1,11,13H2,2-3H3. The molecule has 29 heavy (non-hydrogen) atoms. The summed E-state index contributed by atoms with van der Waals surface area (Å²) in [7, 11) is 2.98. The van der Waals surface area contributed by atoms with E-state index >= 15 is 0 Å². The Labute approximate surface area is 172 Å². The van der Waals surface area contributed by atoms with Gasteiger partial charge >= 0.3 is 0 Å². The maximum absolute atomic E-state index is 13.9. The van der Waals surface area contributed by atoms with Crippen LogP contribution in [0, 0.1) is 5.82 Å². The molecule has 0 amide bonds. The third kappa shape index (κ3) is 4.65. The Bertz CT molecular complexity index is 1020. The van der Waals surface area contributed by atoms with Gasteiger partial charge in [-0.1, -0.05) is 17.8 Å². The fourth-order valence-corrected chi connectivity index (χ4v) is 3.54. The smallest absolute Gasteiger partial charge is 0.192 e. The Balaban J connectivity index is 1.78. The molecule has 6 nitrogen and oxygen atoms in total. The minimum Gasteiger partial charge on any atom is -0.497 e. The summed E-state index contributed by atoms with van der Waals surface area (Å²) in [6.45, 7) is 4.27. The molecule has 0 unspecified atom stereocenters. The van der Waals surface area contributed by atoms with Gasteiger partial charge in [-0.25, -0.2) is 4.39 Å². The molecule has 2 aromatic carbocycles. The van der Waals surface area contributed by atoms with Crippen LogP contribution in [0.2, 0.25) is 0 Å². The van der Waals surface area contributed by atoms with E-state index in [1.165, 1.54) is 31.0 Å². The van der Waals surface area contributed by atoms with Gasteiger partial charge in [0.2, 0.25) is 0 Å². The summed E-state index contributed by atoms with van der Waals surface area (Å²) in [6, 6.07) is 11.6. The lowest BCUT2D eigenvalue weighted by atomic mass is 10.1. The lowest BCUT2D eigenvalue weighted by molar-refractivity contribution is 0.102. The zero-order chi connectivity index (χ0) is 20.8. The van der Waals surface area contributed by atoms with Crippen LogP contribution in [-0.2, 0) is 6.54 Å². The molecule has 0 atom stereocenters. The first kappa shape index (κ1) is 20.6. The predicted molar refractivity (Wildman–Crippen MR) is 110 cm³/mol. The predicted octanol–water partition coefficient (Wildman–Crippen LogP) is 4.26. The lowest BCUT2D eigenvalue weighted by Gasteiger charge is -2.08. The second kappa shape index (κ2) is 9.38. The van der Waals surface area contributed by atoms with E-state index in [2.05, 4.69) is 16.8 Å². The van der Waals surface area contributed by atoms with Crippen LogP contribution in [-0.4, -0.2) is 40.5 Å². The third-order valence-electron chi connectivity index (χ3n) is 4.18. The van der Waals surface area contributed by atoms with E-state index in [-0.39, 0.29) is 22.8 Å². The number of rotatable bonds is 9. The van der Waals surface area contributed by atoms with Gasteiger partial charge in [0, 0.05) is 17.7 Å². The van der Waals surface area contributed by atoms with Crippen molar-refractivity contribution in [1.82, 2.24) is 14.8 Å². The van der Waals surface area contributed by atoms with Crippen molar-refractivity contribution in [3.63, 3.8) is 0 Å². The fourth-order valence-electron chi connectivity index (χ4n) is 2.70. The minimum atomic E-state index is -0.569. The molecule has 0 spiro atoms. The first-order valence-corrected chi connectivity index (χ1v) is 9.74. The highest BCUT2D eigenvalue weighted by Crippen LogP contribution is 2.26. The number of carbonyl (C=O) groups is 1. The number of thioether (sulfide) groups is 1. The summed E-state index contributed by atoms with van der Waals surface area (Å²) in [4.78, 5) is 12.5. The summed E-state index contributed by atoms with van der Waals surface area (Å²) < 4.78 is 25.8. The van der Waals surface area contributed by atoms with Crippen molar-refractivity contribution in [3.05, 3.63) is 66.5 Å². The Kier molecular flexibility index (Phi) is 6.66. The number of allylic oxidation sites excluding steroid dienone is 1. The van der Waals surface area contributed by atoms with Crippen LogP contribution in [0.1, 0.15) is 10.4 Å². The van der Waals surface area contributed by atoms with E-state index in [9.17, 15) is 9.18 Å². The van der Waals surface area contributed by atoms with Gasteiger partial charge in [0.1, 0.15) is 5.75 Å².